The van der Waals surface area contributed by atoms with Gasteiger partial charge in [0.1, 0.15) is 10.7 Å². The standard InChI is InChI=1S/C17H23N3O2S2/c1-3-20(4-2)24(21,22)16-10-11-17(19-14-16)18-12-13-23-15-8-6-5-7-9-15/h5-11,14H,3-4,12-13H2,1-2H3,(H,18,19). The van der Waals surface area contributed by atoms with E-state index in [9.17, 15) is 8.42 Å². The van der Waals surface area contributed by atoms with Gasteiger partial charge in [-0.1, -0.05) is 32.0 Å². The molecule has 0 spiro atoms. The van der Waals surface area contributed by atoms with Crippen LogP contribution < -0.4 is 5.32 Å². The summed E-state index contributed by atoms with van der Waals surface area (Å²) in [5.74, 6) is 1.59. The summed E-state index contributed by atoms with van der Waals surface area (Å²) in [7, 11) is -3.44. The molecule has 0 fully saturated rings. The second kappa shape index (κ2) is 9.05. The van der Waals surface area contributed by atoms with Crippen LogP contribution in [0.1, 0.15) is 13.8 Å². The number of hydrogen-bond acceptors (Lipinski definition) is 5. The zero-order valence-corrected chi connectivity index (χ0v) is 15.6. The molecule has 0 saturated carbocycles. The van der Waals surface area contributed by atoms with E-state index < -0.39 is 10.0 Å². The molecule has 1 N–H and O–H groups in total. The van der Waals surface area contributed by atoms with E-state index in [1.165, 1.54) is 15.4 Å². The molecule has 0 unspecified atom stereocenters. The number of benzene rings is 1. The van der Waals surface area contributed by atoms with Gasteiger partial charge in [0.2, 0.25) is 10.0 Å². The molecule has 0 aliphatic rings. The van der Waals surface area contributed by atoms with Crippen molar-refractivity contribution in [1.82, 2.24) is 9.29 Å². The third-order valence-electron chi connectivity index (χ3n) is 3.50. The van der Waals surface area contributed by atoms with E-state index in [1.807, 2.05) is 32.0 Å². The lowest BCUT2D eigenvalue weighted by Crippen LogP contribution is -2.30. The second-order valence-electron chi connectivity index (χ2n) is 5.06. The van der Waals surface area contributed by atoms with E-state index in [-0.39, 0.29) is 4.90 Å². The number of aromatic nitrogens is 1. The summed E-state index contributed by atoms with van der Waals surface area (Å²) in [5, 5.41) is 3.21. The molecule has 0 aliphatic carbocycles. The van der Waals surface area contributed by atoms with Gasteiger partial charge in [0.25, 0.3) is 0 Å². The first-order chi connectivity index (χ1) is 11.6. The van der Waals surface area contributed by atoms with Gasteiger partial charge in [0.05, 0.1) is 0 Å². The lowest BCUT2D eigenvalue weighted by Gasteiger charge is -2.18. The van der Waals surface area contributed by atoms with Crippen molar-refractivity contribution in [2.75, 3.05) is 30.7 Å². The van der Waals surface area contributed by atoms with Crippen molar-refractivity contribution in [2.24, 2.45) is 0 Å². The molecule has 0 atom stereocenters. The summed E-state index contributed by atoms with van der Waals surface area (Å²) in [6.07, 6.45) is 1.42. The van der Waals surface area contributed by atoms with Crippen molar-refractivity contribution in [3.63, 3.8) is 0 Å². The van der Waals surface area contributed by atoms with Gasteiger partial charge in [0.15, 0.2) is 0 Å². The van der Waals surface area contributed by atoms with Gasteiger partial charge >= 0.3 is 0 Å². The third kappa shape index (κ3) is 4.96. The average Bonchev–Trinajstić information content (AvgIpc) is 2.61. The minimum atomic E-state index is -3.44. The van der Waals surface area contributed by atoms with Gasteiger partial charge in [0, 0.05) is 36.5 Å². The van der Waals surface area contributed by atoms with Crippen molar-refractivity contribution in [1.29, 1.82) is 0 Å². The summed E-state index contributed by atoms with van der Waals surface area (Å²) in [6.45, 7) is 5.32. The van der Waals surface area contributed by atoms with E-state index in [0.717, 1.165) is 12.3 Å². The molecule has 1 aromatic heterocycles. The van der Waals surface area contributed by atoms with Crippen LogP contribution in [0, 0.1) is 0 Å². The van der Waals surface area contributed by atoms with Crippen LogP contribution in [0.4, 0.5) is 5.82 Å². The van der Waals surface area contributed by atoms with Crippen molar-refractivity contribution < 1.29 is 8.42 Å². The summed E-state index contributed by atoms with van der Waals surface area (Å²) in [6, 6.07) is 13.5. The largest absolute Gasteiger partial charge is 0.369 e. The maximum Gasteiger partial charge on any atom is 0.244 e. The molecule has 1 heterocycles. The van der Waals surface area contributed by atoms with E-state index in [2.05, 4.69) is 22.4 Å². The number of nitrogens with one attached hydrogen (secondary N) is 1. The van der Waals surface area contributed by atoms with Gasteiger partial charge in [-0.05, 0) is 24.3 Å². The Hall–Kier alpha value is -1.57. The summed E-state index contributed by atoms with van der Waals surface area (Å²) < 4.78 is 26.2. The molecule has 24 heavy (non-hydrogen) atoms. The SMILES string of the molecule is CCN(CC)S(=O)(=O)c1ccc(NCCSc2ccccc2)nc1. The lowest BCUT2D eigenvalue weighted by molar-refractivity contribution is 0.445. The van der Waals surface area contributed by atoms with Crippen LogP contribution in [-0.4, -0.2) is 43.1 Å². The first-order valence-corrected chi connectivity index (χ1v) is 10.4. The normalized spacial score (nSPS) is 11.6. The Balaban J connectivity index is 1.88. The molecular weight excluding hydrogens is 342 g/mol. The average molecular weight is 366 g/mol. The third-order valence-corrected chi connectivity index (χ3v) is 6.55. The van der Waals surface area contributed by atoms with Crippen LogP contribution in [0.2, 0.25) is 0 Å². The highest BCUT2D eigenvalue weighted by Gasteiger charge is 2.21. The van der Waals surface area contributed by atoms with Crippen LogP contribution in [0.5, 0.6) is 0 Å². The molecule has 2 rings (SSSR count). The van der Waals surface area contributed by atoms with E-state index >= 15 is 0 Å². The van der Waals surface area contributed by atoms with E-state index in [1.54, 1.807) is 23.9 Å². The highest BCUT2D eigenvalue weighted by atomic mass is 32.2. The Kier molecular flexibility index (Phi) is 7.08. The molecule has 0 bridgehead atoms. The maximum absolute atomic E-state index is 12.4. The molecule has 0 saturated heterocycles. The van der Waals surface area contributed by atoms with Gasteiger partial charge in [-0.15, -0.1) is 11.8 Å². The molecular formula is C17H23N3O2S2. The molecule has 5 nitrogen and oxygen atoms in total. The highest BCUT2D eigenvalue weighted by Crippen LogP contribution is 2.18. The topological polar surface area (TPSA) is 62.3 Å². The van der Waals surface area contributed by atoms with Crippen LogP contribution in [-0.2, 0) is 10.0 Å². The predicted molar refractivity (Wildman–Crippen MR) is 100.0 cm³/mol. The fourth-order valence-corrected chi connectivity index (χ4v) is 4.41. The fraction of sp³-hybridized carbons (Fsp3) is 0.353. The molecule has 0 amide bonds. The van der Waals surface area contributed by atoms with Gasteiger partial charge in [-0.2, -0.15) is 4.31 Å². The summed E-state index contributed by atoms with van der Waals surface area (Å²) >= 11 is 1.76. The number of anilines is 1. The monoisotopic (exact) mass is 365 g/mol. The zero-order valence-electron chi connectivity index (χ0n) is 14.0. The molecule has 2 aromatic rings. The first kappa shape index (κ1) is 18.8. The lowest BCUT2D eigenvalue weighted by atomic mass is 10.4. The van der Waals surface area contributed by atoms with E-state index in [4.69, 9.17) is 0 Å². The zero-order chi connectivity index (χ0) is 17.4. The van der Waals surface area contributed by atoms with Crippen molar-refractivity contribution in [3.8, 4) is 0 Å². The summed E-state index contributed by atoms with van der Waals surface area (Å²) in [4.78, 5) is 5.68. The van der Waals surface area contributed by atoms with Gasteiger partial charge in [-0.25, -0.2) is 13.4 Å². The fourth-order valence-electron chi connectivity index (χ4n) is 2.21. The maximum atomic E-state index is 12.4. The second-order valence-corrected chi connectivity index (χ2v) is 8.16. The number of pyridine rings is 1. The van der Waals surface area contributed by atoms with Crippen LogP contribution in [0.3, 0.4) is 0 Å². The Bertz CT molecular complexity index is 715. The predicted octanol–water partition coefficient (Wildman–Crippen LogP) is 3.32. The van der Waals surface area contributed by atoms with Crippen LogP contribution in [0.15, 0.2) is 58.5 Å². The van der Waals surface area contributed by atoms with Gasteiger partial charge < -0.3 is 5.32 Å². The minimum absolute atomic E-state index is 0.232. The van der Waals surface area contributed by atoms with Crippen LogP contribution in [0.25, 0.3) is 0 Å². The highest BCUT2D eigenvalue weighted by molar-refractivity contribution is 7.99. The Morgan fingerprint density at radius 1 is 1.08 bits per heavy atom. The number of rotatable bonds is 9. The number of hydrogen-bond donors (Lipinski definition) is 1. The van der Waals surface area contributed by atoms with Crippen molar-refractivity contribution in [3.05, 3.63) is 48.7 Å². The van der Waals surface area contributed by atoms with Crippen molar-refractivity contribution in [2.45, 2.75) is 23.6 Å². The Morgan fingerprint density at radius 3 is 2.38 bits per heavy atom. The first-order valence-electron chi connectivity index (χ1n) is 7.95. The molecule has 7 heteroatoms. The molecule has 1 aromatic carbocycles. The number of sulfonamides is 1. The quantitative estimate of drug-likeness (QED) is 0.546. The molecule has 0 radical (unpaired) electrons. The number of thioether (sulfide) groups is 1. The molecule has 0 aliphatic heterocycles. The molecule has 130 valence electrons. The Labute approximate surface area is 148 Å². The minimum Gasteiger partial charge on any atom is -0.369 e. The smallest absolute Gasteiger partial charge is 0.244 e. The Morgan fingerprint density at radius 2 is 1.79 bits per heavy atom. The van der Waals surface area contributed by atoms with Crippen molar-refractivity contribution >= 4 is 27.6 Å². The summed E-state index contributed by atoms with van der Waals surface area (Å²) in [5.41, 5.74) is 0. The van der Waals surface area contributed by atoms with E-state index in [0.29, 0.717) is 18.9 Å². The van der Waals surface area contributed by atoms with Crippen LogP contribution >= 0.6 is 11.8 Å². The van der Waals surface area contributed by atoms with Gasteiger partial charge in [-0.3, -0.25) is 0 Å². The number of nitrogens with zero attached hydrogens (tertiary/aromatic N) is 2.